The number of hydrogen-bond donors (Lipinski definition) is 0. The van der Waals surface area contributed by atoms with Crippen LogP contribution in [0.25, 0.3) is 10.2 Å². The highest BCUT2D eigenvalue weighted by Crippen LogP contribution is 2.31. The minimum absolute atomic E-state index is 0.00372. The number of hydrogen-bond acceptors (Lipinski definition) is 4. The van der Waals surface area contributed by atoms with Crippen LogP contribution in [0.5, 0.6) is 0 Å². The third-order valence-electron chi connectivity index (χ3n) is 5.44. The molecule has 3 heterocycles. The average molecular weight is 411 g/mol. The number of ether oxygens (including phenoxy) is 1. The maximum Gasteiger partial charge on any atom is 0.310 e. The molecule has 1 atom stereocenters. The molecule has 3 aromatic rings. The van der Waals surface area contributed by atoms with Crippen LogP contribution >= 0.6 is 11.3 Å². The third-order valence-corrected chi connectivity index (χ3v) is 6.43. The van der Waals surface area contributed by atoms with Gasteiger partial charge in [-0.15, -0.1) is 11.3 Å². The van der Waals surface area contributed by atoms with Crippen LogP contribution in [0.3, 0.4) is 0 Å². The van der Waals surface area contributed by atoms with Crippen LogP contribution in [-0.2, 0) is 16.1 Å². The molecular weight excluding hydrogens is 384 g/mol. The van der Waals surface area contributed by atoms with E-state index in [0.29, 0.717) is 31.9 Å². The third kappa shape index (κ3) is 4.08. The zero-order valence-corrected chi connectivity index (χ0v) is 17.7. The minimum atomic E-state index is -0.228. The number of nitrogens with zero attached hydrogens (tertiary/aromatic N) is 2. The summed E-state index contributed by atoms with van der Waals surface area (Å²) in [6.45, 7) is 6.04. The van der Waals surface area contributed by atoms with Crippen LogP contribution in [0.4, 0.5) is 0 Å². The van der Waals surface area contributed by atoms with Crippen molar-refractivity contribution in [1.82, 2.24) is 9.47 Å². The van der Waals surface area contributed by atoms with E-state index < -0.39 is 0 Å². The molecule has 0 spiro atoms. The van der Waals surface area contributed by atoms with E-state index in [1.54, 1.807) is 11.3 Å². The van der Waals surface area contributed by atoms with Gasteiger partial charge in [0.1, 0.15) is 5.69 Å². The lowest BCUT2D eigenvalue weighted by atomic mass is 9.98. The summed E-state index contributed by atoms with van der Waals surface area (Å²) in [5.41, 5.74) is 2.95. The second-order valence-corrected chi connectivity index (χ2v) is 8.84. The summed E-state index contributed by atoms with van der Waals surface area (Å²) < 4.78 is 8.43. The molecule has 1 amide bonds. The van der Waals surface area contributed by atoms with Gasteiger partial charge in [-0.2, -0.15) is 0 Å². The van der Waals surface area contributed by atoms with Gasteiger partial charge in [0.05, 0.1) is 22.7 Å². The zero-order valence-electron chi connectivity index (χ0n) is 16.9. The molecule has 4 rings (SSSR count). The number of likely N-dealkylation sites (tertiary alicyclic amines) is 1. The monoisotopic (exact) mass is 410 g/mol. The topological polar surface area (TPSA) is 51.5 Å². The Balaban J connectivity index is 1.64. The Morgan fingerprint density at radius 2 is 2.00 bits per heavy atom. The smallest absolute Gasteiger partial charge is 0.310 e. The van der Waals surface area contributed by atoms with Gasteiger partial charge in [-0.05, 0) is 44.4 Å². The van der Waals surface area contributed by atoms with Crippen LogP contribution in [0.15, 0.2) is 42.5 Å². The summed E-state index contributed by atoms with van der Waals surface area (Å²) in [4.78, 5) is 28.7. The van der Waals surface area contributed by atoms with Gasteiger partial charge in [-0.1, -0.05) is 30.3 Å². The number of thiophene rings is 1. The fourth-order valence-corrected chi connectivity index (χ4v) is 5.02. The van der Waals surface area contributed by atoms with Crippen molar-refractivity contribution >= 4 is 33.4 Å². The standard InChI is InChI=1S/C23H26N2O3S/c1-3-28-23(27)18-10-7-11-24(15-18)22(26)20-13-21-19(12-16(2)29-21)25(20)14-17-8-5-4-6-9-17/h4-6,8-9,12-13,18H,3,7,10-11,14-15H2,1-2H3/t18-/m0/s1. The molecular formula is C23H26N2O3S. The van der Waals surface area contributed by atoms with Gasteiger partial charge >= 0.3 is 5.97 Å². The van der Waals surface area contributed by atoms with E-state index >= 15 is 0 Å². The quantitative estimate of drug-likeness (QED) is 0.583. The molecule has 6 heteroatoms. The first-order valence-corrected chi connectivity index (χ1v) is 11.0. The molecule has 1 aliphatic heterocycles. The molecule has 0 radical (unpaired) electrons. The minimum Gasteiger partial charge on any atom is -0.466 e. The van der Waals surface area contributed by atoms with E-state index in [0.717, 1.165) is 28.6 Å². The predicted octanol–water partition coefficient (Wildman–Crippen LogP) is 4.47. The Morgan fingerprint density at radius 1 is 1.21 bits per heavy atom. The van der Waals surface area contributed by atoms with Gasteiger partial charge < -0.3 is 14.2 Å². The van der Waals surface area contributed by atoms with Gasteiger partial charge in [0.25, 0.3) is 5.91 Å². The Labute approximate surface area is 174 Å². The summed E-state index contributed by atoms with van der Waals surface area (Å²) in [6, 6.07) is 14.4. The van der Waals surface area contributed by atoms with Crippen molar-refractivity contribution in [3.05, 3.63) is 58.6 Å². The highest BCUT2D eigenvalue weighted by atomic mass is 32.1. The number of carbonyl (C=O) groups is 2. The molecule has 0 aliphatic carbocycles. The first-order chi connectivity index (χ1) is 14.1. The van der Waals surface area contributed by atoms with E-state index in [-0.39, 0.29) is 17.8 Å². The van der Waals surface area contributed by atoms with Gasteiger partial charge in [0.15, 0.2) is 0 Å². The van der Waals surface area contributed by atoms with Crippen molar-refractivity contribution in [2.45, 2.75) is 33.2 Å². The largest absolute Gasteiger partial charge is 0.466 e. The molecule has 1 saturated heterocycles. The van der Waals surface area contributed by atoms with Crippen LogP contribution in [-0.4, -0.2) is 41.0 Å². The molecule has 1 fully saturated rings. The average Bonchev–Trinajstić information content (AvgIpc) is 3.25. The number of piperidine rings is 1. The highest BCUT2D eigenvalue weighted by molar-refractivity contribution is 7.19. The fraction of sp³-hybridized carbons (Fsp3) is 0.391. The summed E-state index contributed by atoms with van der Waals surface area (Å²) >= 11 is 1.71. The lowest BCUT2D eigenvalue weighted by Crippen LogP contribution is -2.43. The van der Waals surface area contributed by atoms with E-state index in [1.165, 1.54) is 4.88 Å². The molecule has 1 aromatic carbocycles. The maximum atomic E-state index is 13.4. The normalized spacial score (nSPS) is 16.9. The van der Waals surface area contributed by atoms with Crippen LogP contribution in [0.2, 0.25) is 0 Å². The highest BCUT2D eigenvalue weighted by Gasteiger charge is 2.31. The second kappa shape index (κ2) is 8.41. The molecule has 0 unspecified atom stereocenters. The number of rotatable bonds is 5. The first-order valence-electron chi connectivity index (χ1n) is 10.2. The summed E-state index contributed by atoms with van der Waals surface area (Å²) in [6.07, 6.45) is 1.60. The van der Waals surface area contributed by atoms with Crippen LogP contribution in [0, 0.1) is 12.8 Å². The Bertz CT molecular complexity index is 1020. The van der Waals surface area contributed by atoms with Gasteiger partial charge in [-0.3, -0.25) is 9.59 Å². The number of aryl methyl sites for hydroxylation is 1. The molecule has 0 bridgehead atoms. The van der Waals surface area contributed by atoms with Crippen molar-refractivity contribution in [3.63, 3.8) is 0 Å². The number of carbonyl (C=O) groups excluding carboxylic acids is 2. The zero-order chi connectivity index (χ0) is 20.4. The Kier molecular flexibility index (Phi) is 5.72. The van der Waals surface area contributed by atoms with Gasteiger partial charge in [0, 0.05) is 24.5 Å². The predicted molar refractivity (Wildman–Crippen MR) is 115 cm³/mol. The molecule has 1 aliphatic rings. The number of fused-ring (bicyclic) bond motifs is 1. The van der Waals surface area contributed by atoms with Gasteiger partial charge in [0.2, 0.25) is 0 Å². The summed E-state index contributed by atoms with van der Waals surface area (Å²) in [5, 5.41) is 0. The molecule has 0 N–H and O–H groups in total. The summed E-state index contributed by atoms with van der Waals surface area (Å²) in [5.74, 6) is -0.425. The molecule has 5 nitrogen and oxygen atoms in total. The molecule has 29 heavy (non-hydrogen) atoms. The van der Waals surface area contributed by atoms with E-state index in [2.05, 4.69) is 29.7 Å². The summed E-state index contributed by atoms with van der Waals surface area (Å²) in [7, 11) is 0. The lowest BCUT2D eigenvalue weighted by Gasteiger charge is -2.31. The number of benzene rings is 1. The van der Waals surface area contributed by atoms with E-state index in [9.17, 15) is 9.59 Å². The van der Waals surface area contributed by atoms with Crippen LogP contribution in [0.1, 0.15) is 40.7 Å². The second-order valence-electron chi connectivity index (χ2n) is 7.55. The molecule has 2 aromatic heterocycles. The lowest BCUT2D eigenvalue weighted by molar-refractivity contribution is -0.149. The van der Waals surface area contributed by atoms with Crippen molar-refractivity contribution in [1.29, 1.82) is 0 Å². The van der Waals surface area contributed by atoms with E-state index in [4.69, 9.17) is 4.74 Å². The first kappa shape index (κ1) is 19.7. The van der Waals surface area contributed by atoms with Crippen molar-refractivity contribution in [2.24, 2.45) is 5.92 Å². The Morgan fingerprint density at radius 3 is 2.76 bits per heavy atom. The van der Waals surface area contributed by atoms with Gasteiger partial charge in [-0.25, -0.2) is 0 Å². The maximum absolute atomic E-state index is 13.4. The van der Waals surface area contributed by atoms with Crippen molar-refractivity contribution in [3.8, 4) is 0 Å². The molecule has 0 saturated carbocycles. The van der Waals surface area contributed by atoms with E-state index in [1.807, 2.05) is 36.1 Å². The van der Waals surface area contributed by atoms with Crippen molar-refractivity contribution in [2.75, 3.05) is 19.7 Å². The fourth-order valence-electron chi connectivity index (χ4n) is 4.05. The number of amides is 1. The SMILES string of the molecule is CCOC(=O)[C@H]1CCCN(C(=O)c2cc3sc(C)cc3n2Cc2ccccc2)C1. The molecule has 152 valence electrons. The van der Waals surface area contributed by atoms with Crippen LogP contribution < -0.4 is 0 Å². The Hall–Kier alpha value is -2.60. The van der Waals surface area contributed by atoms with Crippen molar-refractivity contribution < 1.29 is 14.3 Å². The number of aromatic nitrogens is 1. The number of esters is 1.